The number of rotatable bonds is 3. The van der Waals surface area contributed by atoms with E-state index in [1.807, 2.05) is 0 Å². The van der Waals surface area contributed by atoms with Crippen LogP contribution in [0.15, 0.2) is 36.4 Å². The van der Waals surface area contributed by atoms with E-state index >= 15 is 0 Å². The van der Waals surface area contributed by atoms with Crippen molar-refractivity contribution in [3.8, 4) is 0 Å². The first-order valence-corrected chi connectivity index (χ1v) is 6.50. The van der Waals surface area contributed by atoms with E-state index in [2.05, 4.69) is 10.6 Å². The fraction of sp³-hybridized carbons (Fsp3) is 0.0714. The van der Waals surface area contributed by atoms with Crippen LogP contribution in [0.4, 0.5) is 15.8 Å². The lowest BCUT2D eigenvalue weighted by Crippen LogP contribution is -2.14. The highest BCUT2D eigenvalue weighted by Crippen LogP contribution is 2.25. The lowest BCUT2D eigenvalue weighted by molar-refractivity contribution is 0.102. The Bertz CT molecular complexity index is 662. The average Bonchev–Trinajstić information content (AvgIpc) is 2.41. The molecule has 0 heterocycles. The molecule has 2 aromatic carbocycles. The number of amides is 1. The van der Waals surface area contributed by atoms with E-state index < -0.39 is 5.82 Å². The molecule has 0 saturated heterocycles. The van der Waals surface area contributed by atoms with Crippen LogP contribution in [-0.2, 0) is 0 Å². The highest BCUT2D eigenvalue weighted by molar-refractivity contribution is 6.34. The number of benzene rings is 2. The van der Waals surface area contributed by atoms with Crippen molar-refractivity contribution in [1.29, 1.82) is 0 Å². The molecule has 6 heteroatoms. The molecular formula is C14H11Cl2FN2O. The molecule has 0 saturated carbocycles. The van der Waals surface area contributed by atoms with Crippen LogP contribution in [-0.4, -0.2) is 13.0 Å². The smallest absolute Gasteiger partial charge is 0.257 e. The summed E-state index contributed by atoms with van der Waals surface area (Å²) in [7, 11) is 1.70. The quantitative estimate of drug-likeness (QED) is 0.880. The second-order valence-corrected chi connectivity index (χ2v) is 4.86. The Morgan fingerprint density at radius 3 is 2.45 bits per heavy atom. The molecule has 0 unspecified atom stereocenters. The van der Waals surface area contributed by atoms with Gasteiger partial charge >= 0.3 is 0 Å². The Morgan fingerprint density at radius 1 is 1.10 bits per heavy atom. The molecule has 0 bridgehead atoms. The molecular weight excluding hydrogens is 302 g/mol. The van der Waals surface area contributed by atoms with Crippen molar-refractivity contribution in [3.63, 3.8) is 0 Å². The Kier molecular flexibility index (Phi) is 4.47. The third kappa shape index (κ3) is 3.21. The molecule has 2 rings (SSSR count). The van der Waals surface area contributed by atoms with E-state index in [4.69, 9.17) is 23.2 Å². The standard InChI is InChI=1S/C14H11Cl2FN2O/c1-18-12-4-2-8(15)6-10(12)14(20)19-13-5-3-9(17)7-11(13)16/h2-7,18H,1H3,(H,19,20). The second-order valence-electron chi connectivity index (χ2n) is 4.02. The van der Waals surface area contributed by atoms with Crippen molar-refractivity contribution < 1.29 is 9.18 Å². The molecule has 0 atom stereocenters. The molecule has 0 fully saturated rings. The van der Waals surface area contributed by atoms with Crippen LogP contribution in [0.1, 0.15) is 10.4 Å². The van der Waals surface area contributed by atoms with E-state index in [9.17, 15) is 9.18 Å². The van der Waals surface area contributed by atoms with E-state index in [1.54, 1.807) is 25.2 Å². The molecule has 3 nitrogen and oxygen atoms in total. The van der Waals surface area contributed by atoms with Gasteiger partial charge in [-0.1, -0.05) is 23.2 Å². The minimum Gasteiger partial charge on any atom is -0.387 e. The number of anilines is 2. The number of hydrogen-bond acceptors (Lipinski definition) is 2. The van der Waals surface area contributed by atoms with Crippen molar-refractivity contribution in [1.82, 2.24) is 0 Å². The maximum Gasteiger partial charge on any atom is 0.257 e. The van der Waals surface area contributed by atoms with Crippen LogP contribution in [0.2, 0.25) is 10.0 Å². The number of carbonyl (C=O) groups is 1. The first-order valence-electron chi connectivity index (χ1n) is 5.75. The lowest BCUT2D eigenvalue weighted by atomic mass is 10.1. The monoisotopic (exact) mass is 312 g/mol. The third-order valence-electron chi connectivity index (χ3n) is 2.67. The van der Waals surface area contributed by atoms with E-state index in [0.29, 0.717) is 22.0 Å². The maximum absolute atomic E-state index is 13.0. The normalized spacial score (nSPS) is 10.2. The van der Waals surface area contributed by atoms with Gasteiger partial charge in [0.1, 0.15) is 5.82 Å². The van der Waals surface area contributed by atoms with Gasteiger partial charge < -0.3 is 10.6 Å². The maximum atomic E-state index is 13.0. The lowest BCUT2D eigenvalue weighted by Gasteiger charge is -2.11. The molecule has 0 radical (unpaired) electrons. The zero-order chi connectivity index (χ0) is 14.7. The van der Waals surface area contributed by atoms with E-state index in [-0.39, 0.29) is 10.9 Å². The second kappa shape index (κ2) is 6.11. The molecule has 104 valence electrons. The zero-order valence-corrected chi connectivity index (χ0v) is 12.0. The van der Waals surface area contributed by atoms with Crippen molar-refractivity contribution in [3.05, 3.63) is 57.8 Å². The van der Waals surface area contributed by atoms with Gasteiger partial charge in [-0.05, 0) is 36.4 Å². The third-order valence-corrected chi connectivity index (χ3v) is 3.22. The Balaban J connectivity index is 2.30. The summed E-state index contributed by atoms with van der Waals surface area (Å²) >= 11 is 11.8. The van der Waals surface area contributed by atoms with E-state index in [1.165, 1.54) is 12.1 Å². The SMILES string of the molecule is CNc1ccc(Cl)cc1C(=O)Nc1ccc(F)cc1Cl. The molecule has 2 N–H and O–H groups in total. The topological polar surface area (TPSA) is 41.1 Å². The van der Waals surface area contributed by atoms with Crippen LogP contribution in [0.3, 0.4) is 0 Å². The summed E-state index contributed by atoms with van der Waals surface area (Å²) in [4.78, 5) is 12.2. The van der Waals surface area contributed by atoms with E-state index in [0.717, 1.165) is 6.07 Å². The Morgan fingerprint density at radius 2 is 1.80 bits per heavy atom. The van der Waals surface area contributed by atoms with Crippen LogP contribution in [0.5, 0.6) is 0 Å². The van der Waals surface area contributed by atoms with Crippen molar-refractivity contribution >= 4 is 40.5 Å². The highest BCUT2D eigenvalue weighted by Gasteiger charge is 2.13. The van der Waals surface area contributed by atoms with Gasteiger partial charge in [-0.3, -0.25) is 4.79 Å². The average molecular weight is 313 g/mol. The Hall–Kier alpha value is -1.78. The van der Waals surface area contributed by atoms with Crippen LogP contribution < -0.4 is 10.6 Å². The fourth-order valence-corrected chi connectivity index (χ4v) is 2.09. The van der Waals surface area contributed by atoms with Gasteiger partial charge in [0.15, 0.2) is 0 Å². The summed E-state index contributed by atoms with van der Waals surface area (Å²) in [6, 6.07) is 8.67. The van der Waals surface area contributed by atoms with Gasteiger partial charge in [-0.2, -0.15) is 0 Å². The predicted molar refractivity (Wildman–Crippen MR) is 80.4 cm³/mol. The van der Waals surface area contributed by atoms with Gasteiger partial charge in [0.05, 0.1) is 16.3 Å². The molecule has 0 aliphatic heterocycles. The zero-order valence-electron chi connectivity index (χ0n) is 10.5. The predicted octanol–water partition coefficient (Wildman–Crippen LogP) is 4.43. The van der Waals surface area contributed by atoms with Crippen molar-refractivity contribution in [2.24, 2.45) is 0 Å². The first kappa shape index (κ1) is 14.6. The van der Waals surface area contributed by atoms with Crippen molar-refractivity contribution in [2.75, 3.05) is 17.7 Å². The summed E-state index contributed by atoms with van der Waals surface area (Å²) in [6.07, 6.45) is 0. The minimum absolute atomic E-state index is 0.131. The fourth-order valence-electron chi connectivity index (χ4n) is 1.70. The number of nitrogens with one attached hydrogen (secondary N) is 2. The molecule has 0 spiro atoms. The summed E-state index contributed by atoms with van der Waals surface area (Å²) in [5.74, 6) is -0.850. The van der Waals surface area contributed by atoms with Gasteiger partial charge in [0.2, 0.25) is 0 Å². The summed E-state index contributed by atoms with van der Waals surface area (Å²) < 4.78 is 13.0. The molecule has 0 aliphatic carbocycles. The summed E-state index contributed by atoms with van der Waals surface area (Å²) in [6.45, 7) is 0. The Labute approximate surface area is 125 Å². The largest absolute Gasteiger partial charge is 0.387 e. The van der Waals surface area contributed by atoms with Gasteiger partial charge in [-0.15, -0.1) is 0 Å². The van der Waals surface area contributed by atoms with Gasteiger partial charge in [0.25, 0.3) is 5.91 Å². The minimum atomic E-state index is -0.466. The number of carbonyl (C=O) groups excluding carboxylic acids is 1. The number of halogens is 3. The molecule has 1 amide bonds. The molecule has 0 aliphatic rings. The summed E-state index contributed by atoms with van der Waals surface area (Å²) in [5.41, 5.74) is 1.34. The van der Waals surface area contributed by atoms with Crippen LogP contribution in [0, 0.1) is 5.82 Å². The highest BCUT2D eigenvalue weighted by atomic mass is 35.5. The molecule has 0 aromatic heterocycles. The van der Waals surface area contributed by atoms with Gasteiger partial charge in [-0.25, -0.2) is 4.39 Å². The van der Waals surface area contributed by atoms with Gasteiger partial charge in [0, 0.05) is 17.8 Å². The summed E-state index contributed by atoms with van der Waals surface area (Å²) in [5, 5.41) is 6.09. The molecule has 20 heavy (non-hydrogen) atoms. The first-order chi connectivity index (χ1) is 9.51. The molecule has 2 aromatic rings. The van der Waals surface area contributed by atoms with Crippen LogP contribution in [0.25, 0.3) is 0 Å². The van der Waals surface area contributed by atoms with Crippen molar-refractivity contribution in [2.45, 2.75) is 0 Å². The van der Waals surface area contributed by atoms with Crippen LogP contribution >= 0.6 is 23.2 Å². The number of hydrogen-bond donors (Lipinski definition) is 2.